The molecule has 6 heteroatoms. The summed E-state index contributed by atoms with van der Waals surface area (Å²) in [6.45, 7) is 3.77. The number of H-pyrrole nitrogens is 1. The van der Waals surface area contributed by atoms with Gasteiger partial charge in [-0.3, -0.25) is 5.10 Å². The zero-order valence-electron chi connectivity index (χ0n) is 9.69. The average molecular weight is 319 g/mol. The Morgan fingerprint density at radius 2 is 1.89 bits per heavy atom. The summed E-state index contributed by atoms with van der Waals surface area (Å²) < 4.78 is 37.9. The van der Waals surface area contributed by atoms with E-state index in [0.717, 1.165) is 11.1 Å². The van der Waals surface area contributed by atoms with Crippen molar-refractivity contribution in [2.75, 3.05) is 0 Å². The molecule has 1 aromatic carbocycles. The van der Waals surface area contributed by atoms with Gasteiger partial charge in [-0.05, 0) is 35.3 Å². The molecule has 0 spiro atoms. The average Bonchev–Trinajstić information content (AvgIpc) is 2.60. The van der Waals surface area contributed by atoms with Crippen LogP contribution in [0.5, 0.6) is 0 Å². The van der Waals surface area contributed by atoms with Gasteiger partial charge < -0.3 is 0 Å². The lowest BCUT2D eigenvalue weighted by Crippen LogP contribution is -2.06. The topological polar surface area (TPSA) is 28.7 Å². The van der Waals surface area contributed by atoms with Gasteiger partial charge >= 0.3 is 6.18 Å². The summed E-state index contributed by atoms with van der Waals surface area (Å²) in [7, 11) is 0. The molecule has 0 amide bonds. The van der Waals surface area contributed by atoms with Crippen molar-refractivity contribution in [3.8, 4) is 11.3 Å². The van der Waals surface area contributed by atoms with Crippen molar-refractivity contribution in [3.63, 3.8) is 0 Å². The number of hydrogen-bond acceptors (Lipinski definition) is 1. The highest BCUT2D eigenvalue weighted by molar-refractivity contribution is 9.10. The first-order chi connectivity index (χ1) is 8.30. The molecule has 0 aliphatic rings. The maximum atomic E-state index is 12.6. The molecule has 96 valence electrons. The fourth-order valence-electron chi connectivity index (χ4n) is 1.77. The first-order valence-electron chi connectivity index (χ1n) is 5.19. The van der Waals surface area contributed by atoms with Gasteiger partial charge in [-0.1, -0.05) is 23.8 Å². The minimum absolute atomic E-state index is 0.0537. The lowest BCUT2D eigenvalue weighted by atomic mass is 10.0. The van der Waals surface area contributed by atoms with E-state index < -0.39 is 11.9 Å². The Bertz CT molecular complexity index is 587. The zero-order chi connectivity index (χ0) is 13.5. The second kappa shape index (κ2) is 4.42. The van der Waals surface area contributed by atoms with E-state index in [1.165, 1.54) is 0 Å². The second-order valence-corrected chi connectivity index (χ2v) is 4.87. The first kappa shape index (κ1) is 13.1. The Kier molecular flexibility index (Phi) is 3.23. The SMILES string of the molecule is Cc1ccc(-c2n[nH]c(C(F)(F)F)c2Br)c(C)c1. The summed E-state index contributed by atoms with van der Waals surface area (Å²) in [6, 6.07) is 5.52. The van der Waals surface area contributed by atoms with E-state index >= 15 is 0 Å². The summed E-state index contributed by atoms with van der Waals surface area (Å²) in [5.41, 5.74) is 2.03. The van der Waals surface area contributed by atoms with Crippen LogP contribution in [0, 0.1) is 13.8 Å². The van der Waals surface area contributed by atoms with Gasteiger partial charge in [0.15, 0.2) is 5.69 Å². The summed E-state index contributed by atoms with van der Waals surface area (Å²) in [4.78, 5) is 0. The van der Waals surface area contributed by atoms with E-state index in [0.29, 0.717) is 5.56 Å². The number of aromatic nitrogens is 2. The van der Waals surface area contributed by atoms with Gasteiger partial charge in [0, 0.05) is 5.56 Å². The predicted octanol–water partition coefficient (Wildman–Crippen LogP) is 4.47. The molecule has 0 atom stereocenters. The van der Waals surface area contributed by atoms with Crippen molar-refractivity contribution in [1.82, 2.24) is 10.2 Å². The van der Waals surface area contributed by atoms with Gasteiger partial charge in [0.25, 0.3) is 0 Å². The highest BCUT2D eigenvalue weighted by Gasteiger charge is 2.36. The van der Waals surface area contributed by atoms with Gasteiger partial charge in [0.05, 0.1) is 4.47 Å². The van der Waals surface area contributed by atoms with Crippen LogP contribution in [0.3, 0.4) is 0 Å². The van der Waals surface area contributed by atoms with Crippen LogP contribution >= 0.6 is 15.9 Å². The van der Waals surface area contributed by atoms with Crippen molar-refractivity contribution >= 4 is 15.9 Å². The molecule has 0 radical (unpaired) electrons. The van der Waals surface area contributed by atoms with Crippen molar-refractivity contribution in [2.45, 2.75) is 20.0 Å². The Hall–Kier alpha value is -1.30. The summed E-state index contributed by atoms with van der Waals surface area (Å²) in [6.07, 6.45) is -4.44. The van der Waals surface area contributed by atoms with Crippen LogP contribution < -0.4 is 0 Å². The van der Waals surface area contributed by atoms with E-state index in [9.17, 15) is 13.2 Å². The summed E-state index contributed by atoms with van der Waals surface area (Å²) in [5, 5.41) is 5.78. The number of benzene rings is 1. The predicted molar refractivity (Wildman–Crippen MR) is 66.2 cm³/mol. The van der Waals surface area contributed by atoms with Gasteiger partial charge in [-0.2, -0.15) is 18.3 Å². The molecule has 1 heterocycles. The molecule has 0 unspecified atom stereocenters. The van der Waals surface area contributed by atoms with Crippen LogP contribution in [0.2, 0.25) is 0 Å². The van der Waals surface area contributed by atoms with Gasteiger partial charge in [0.1, 0.15) is 5.69 Å². The molecular formula is C12H10BrF3N2. The maximum Gasteiger partial charge on any atom is 0.433 e. The quantitative estimate of drug-likeness (QED) is 0.825. The molecule has 2 rings (SSSR count). The third kappa shape index (κ3) is 2.29. The van der Waals surface area contributed by atoms with E-state index in [4.69, 9.17) is 0 Å². The fraction of sp³-hybridized carbons (Fsp3) is 0.250. The lowest BCUT2D eigenvalue weighted by Gasteiger charge is -2.06. The number of aryl methyl sites for hydroxylation is 2. The molecule has 2 nitrogen and oxygen atoms in total. The smallest absolute Gasteiger partial charge is 0.272 e. The highest BCUT2D eigenvalue weighted by atomic mass is 79.9. The van der Waals surface area contributed by atoms with E-state index in [1.54, 1.807) is 6.07 Å². The molecule has 1 aromatic heterocycles. The molecule has 0 saturated carbocycles. The van der Waals surface area contributed by atoms with E-state index in [1.807, 2.05) is 31.1 Å². The largest absolute Gasteiger partial charge is 0.433 e. The molecule has 0 aliphatic heterocycles. The Balaban J connectivity index is 2.56. The first-order valence-corrected chi connectivity index (χ1v) is 5.98. The summed E-state index contributed by atoms with van der Waals surface area (Å²) in [5.74, 6) is 0. The molecule has 2 aromatic rings. The third-order valence-corrected chi connectivity index (χ3v) is 3.40. The number of alkyl halides is 3. The fourth-order valence-corrected chi connectivity index (χ4v) is 2.39. The van der Waals surface area contributed by atoms with Crippen LogP contribution in [-0.4, -0.2) is 10.2 Å². The molecule has 0 bridgehead atoms. The van der Waals surface area contributed by atoms with Crippen molar-refractivity contribution in [1.29, 1.82) is 0 Å². The maximum absolute atomic E-state index is 12.6. The number of nitrogens with zero attached hydrogens (tertiary/aromatic N) is 1. The Morgan fingerprint density at radius 3 is 2.39 bits per heavy atom. The minimum Gasteiger partial charge on any atom is -0.272 e. The van der Waals surface area contributed by atoms with Crippen molar-refractivity contribution < 1.29 is 13.2 Å². The van der Waals surface area contributed by atoms with E-state index in [2.05, 4.69) is 21.0 Å². The molecular weight excluding hydrogens is 309 g/mol. The molecule has 1 N–H and O–H groups in total. The number of rotatable bonds is 1. The van der Waals surface area contributed by atoms with Gasteiger partial charge in [-0.15, -0.1) is 0 Å². The standard InChI is InChI=1S/C12H10BrF3N2/c1-6-3-4-8(7(2)5-6)10-9(13)11(18-17-10)12(14,15)16/h3-5H,1-2H3,(H,17,18). The third-order valence-electron chi connectivity index (χ3n) is 2.63. The van der Waals surface area contributed by atoms with Crippen LogP contribution in [0.4, 0.5) is 13.2 Å². The molecule has 0 fully saturated rings. The van der Waals surface area contributed by atoms with Crippen LogP contribution in [0.25, 0.3) is 11.3 Å². The molecule has 0 saturated heterocycles. The van der Waals surface area contributed by atoms with Crippen LogP contribution in [-0.2, 0) is 6.18 Å². The Morgan fingerprint density at radius 1 is 1.22 bits per heavy atom. The lowest BCUT2D eigenvalue weighted by molar-refractivity contribution is -0.141. The van der Waals surface area contributed by atoms with Gasteiger partial charge in [-0.25, -0.2) is 0 Å². The Labute approximate surface area is 110 Å². The zero-order valence-corrected chi connectivity index (χ0v) is 11.3. The minimum atomic E-state index is -4.44. The van der Waals surface area contributed by atoms with Crippen LogP contribution in [0.1, 0.15) is 16.8 Å². The number of halogens is 4. The van der Waals surface area contributed by atoms with E-state index in [-0.39, 0.29) is 10.2 Å². The normalized spacial score (nSPS) is 11.9. The second-order valence-electron chi connectivity index (χ2n) is 4.08. The number of aromatic amines is 1. The number of hydrogen-bond donors (Lipinski definition) is 1. The summed E-state index contributed by atoms with van der Waals surface area (Å²) >= 11 is 2.96. The number of nitrogens with one attached hydrogen (secondary N) is 1. The molecule has 18 heavy (non-hydrogen) atoms. The molecule has 0 aliphatic carbocycles. The highest BCUT2D eigenvalue weighted by Crippen LogP contribution is 2.39. The van der Waals surface area contributed by atoms with Crippen LogP contribution in [0.15, 0.2) is 22.7 Å². The van der Waals surface area contributed by atoms with Gasteiger partial charge in [0.2, 0.25) is 0 Å². The van der Waals surface area contributed by atoms with Crippen molar-refractivity contribution in [2.24, 2.45) is 0 Å². The van der Waals surface area contributed by atoms with Crippen molar-refractivity contribution in [3.05, 3.63) is 39.5 Å². The monoisotopic (exact) mass is 318 g/mol.